The number of rotatable bonds is 4. The number of aryl methyl sites for hydroxylation is 1. The van der Waals surface area contributed by atoms with Gasteiger partial charge in [0.25, 0.3) is 0 Å². The number of hydrogen-bond donors (Lipinski definition) is 1. The number of likely N-dealkylation sites (tertiary alicyclic amines) is 1. The van der Waals surface area contributed by atoms with E-state index in [1.54, 1.807) is 25.3 Å². The van der Waals surface area contributed by atoms with Gasteiger partial charge in [-0.2, -0.15) is 0 Å². The SMILES string of the molecule is CCOC(=O)C1=CC2CN(C(=O)/C=C/c3cnc4c(c3)CCC(=O)N4)CC2C1. The number of nitrogens with zero attached hydrogens (tertiary/aromatic N) is 2. The van der Waals surface area contributed by atoms with Gasteiger partial charge in [0.1, 0.15) is 5.82 Å². The van der Waals surface area contributed by atoms with E-state index < -0.39 is 0 Å². The van der Waals surface area contributed by atoms with Crippen LogP contribution in [0.4, 0.5) is 5.82 Å². The maximum absolute atomic E-state index is 12.5. The normalized spacial score (nSPS) is 23.2. The van der Waals surface area contributed by atoms with Gasteiger partial charge >= 0.3 is 5.97 Å². The van der Waals surface area contributed by atoms with Gasteiger partial charge in [0.05, 0.1) is 6.61 Å². The lowest BCUT2D eigenvalue weighted by atomic mass is 10.00. The fourth-order valence-electron chi connectivity index (χ4n) is 4.10. The summed E-state index contributed by atoms with van der Waals surface area (Å²) in [5.74, 6) is 0.850. The third-order valence-electron chi connectivity index (χ3n) is 5.52. The summed E-state index contributed by atoms with van der Waals surface area (Å²) in [6.07, 6.45) is 8.76. The molecule has 0 aromatic carbocycles. The number of hydrogen-bond acceptors (Lipinski definition) is 5. The molecule has 1 aliphatic carbocycles. The Morgan fingerprint density at radius 3 is 3.00 bits per heavy atom. The second-order valence-corrected chi connectivity index (χ2v) is 7.44. The summed E-state index contributed by atoms with van der Waals surface area (Å²) in [7, 11) is 0. The molecule has 1 aromatic heterocycles. The number of fused-ring (bicyclic) bond motifs is 2. The molecule has 2 aliphatic heterocycles. The number of esters is 1. The highest BCUT2D eigenvalue weighted by molar-refractivity contribution is 5.94. The quantitative estimate of drug-likeness (QED) is 0.636. The van der Waals surface area contributed by atoms with Crippen molar-refractivity contribution in [2.75, 3.05) is 25.0 Å². The van der Waals surface area contributed by atoms with Crippen LogP contribution in [0.2, 0.25) is 0 Å². The summed E-state index contributed by atoms with van der Waals surface area (Å²) < 4.78 is 5.07. The van der Waals surface area contributed by atoms with Crippen LogP contribution in [0.3, 0.4) is 0 Å². The van der Waals surface area contributed by atoms with E-state index >= 15 is 0 Å². The van der Waals surface area contributed by atoms with Crippen molar-refractivity contribution in [3.05, 3.63) is 41.1 Å². The Balaban J connectivity index is 1.37. The van der Waals surface area contributed by atoms with Gasteiger partial charge in [-0.1, -0.05) is 6.08 Å². The average Bonchev–Trinajstić information content (AvgIpc) is 3.25. The Hall–Kier alpha value is -2.96. The third kappa shape index (κ3) is 3.69. The summed E-state index contributed by atoms with van der Waals surface area (Å²) in [5, 5.41) is 2.75. The molecule has 1 aromatic rings. The number of pyridine rings is 1. The standard InChI is InChI=1S/C21H23N3O4/c1-2-28-21(27)15-8-16-11-24(12-17(16)9-15)19(26)6-3-13-7-14-4-5-18(25)23-20(14)22-10-13/h3,6-8,10,16-17H,2,4-5,9,11-12H2,1H3,(H,22,23,25)/b6-3+. The highest BCUT2D eigenvalue weighted by Gasteiger charge is 2.39. The molecular weight excluding hydrogens is 358 g/mol. The van der Waals surface area contributed by atoms with Crippen molar-refractivity contribution < 1.29 is 19.1 Å². The van der Waals surface area contributed by atoms with Crippen LogP contribution in [0.25, 0.3) is 6.08 Å². The van der Waals surface area contributed by atoms with E-state index in [4.69, 9.17) is 4.74 Å². The first-order valence-corrected chi connectivity index (χ1v) is 9.67. The molecule has 0 spiro atoms. The first-order chi connectivity index (χ1) is 13.5. The molecule has 2 amide bonds. The predicted molar refractivity (Wildman–Crippen MR) is 103 cm³/mol. The smallest absolute Gasteiger partial charge is 0.333 e. The van der Waals surface area contributed by atoms with Crippen LogP contribution >= 0.6 is 0 Å². The first kappa shape index (κ1) is 18.4. The van der Waals surface area contributed by atoms with Crippen molar-refractivity contribution in [1.82, 2.24) is 9.88 Å². The van der Waals surface area contributed by atoms with Crippen molar-refractivity contribution in [3.63, 3.8) is 0 Å². The number of amides is 2. The minimum Gasteiger partial charge on any atom is -0.463 e. The molecule has 7 heteroatoms. The van der Waals surface area contributed by atoms with Crippen molar-refractivity contribution in [1.29, 1.82) is 0 Å². The second kappa shape index (κ2) is 7.58. The van der Waals surface area contributed by atoms with Gasteiger partial charge < -0.3 is 15.0 Å². The minimum atomic E-state index is -0.231. The molecule has 28 heavy (non-hydrogen) atoms. The molecule has 7 nitrogen and oxygen atoms in total. The number of ether oxygens (including phenoxy) is 1. The van der Waals surface area contributed by atoms with E-state index in [0.717, 1.165) is 16.7 Å². The Labute approximate surface area is 163 Å². The van der Waals surface area contributed by atoms with E-state index in [9.17, 15) is 14.4 Å². The Bertz CT molecular complexity index is 890. The summed E-state index contributed by atoms with van der Waals surface area (Å²) in [6.45, 7) is 3.47. The predicted octanol–water partition coefficient (Wildman–Crippen LogP) is 1.95. The number of aromatic nitrogens is 1. The van der Waals surface area contributed by atoms with Crippen LogP contribution in [-0.2, 0) is 25.5 Å². The first-order valence-electron chi connectivity index (χ1n) is 9.67. The summed E-state index contributed by atoms with van der Waals surface area (Å²) in [5.41, 5.74) is 2.57. The fourth-order valence-corrected chi connectivity index (χ4v) is 4.10. The van der Waals surface area contributed by atoms with Gasteiger partial charge in [-0.3, -0.25) is 9.59 Å². The molecule has 0 bridgehead atoms. The number of anilines is 1. The molecule has 2 unspecified atom stereocenters. The molecule has 2 atom stereocenters. The number of carbonyl (C=O) groups excluding carboxylic acids is 3. The zero-order valence-electron chi connectivity index (χ0n) is 15.8. The largest absolute Gasteiger partial charge is 0.463 e. The Kier molecular flexibility index (Phi) is 4.98. The van der Waals surface area contributed by atoms with Crippen LogP contribution in [0, 0.1) is 11.8 Å². The van der Waals surface area contributed by atoms with Crippen LogP contribution in [-0.4, -0.2) is 47.4 Å². The topological polar surface area (TPSA) is 88.6 Å². The molecule has 0 saturated carbocycles. The minimum absolute atomic E-state index is 0.0155. The molecule has 0 radical (unpaired) electrons. The van der Waals surface area contributed by atoms with E-state index in [0.29, 0.717) is 50.7 Å². The summed E-state index contributed by atoms with van der Waals surface area (Å²) in [4.78, 5) is 41.9. The monoisotopic (exact) mass is 381 g/mol. The fraction of sp³-hybridized carbons (Fsp3) is 0.429. The molecule has 1 N–H and O–H groups in total. The molecule has 1 saturated heterocycles. The zero-order chi connectivity index (χ0) is 19.7. The zero-order valence-corrected chi connectivity index (χ0v) is 15.8. The van der Waals surface area contributed by atoms with E-state index in [-0.39, 0.29) is 23.7 Å². The molecule has 1 fully saturated rings. The Morgan fingerprint density at radius 2 is 2.21 bits per heavy atom. The molecule has 3 aliphatic rings. The third-order valence-corrected chi connectivity index (χ3v) is 5.52. The number of carbonyl (C=O) groups is 3. The van der Waals surface area contributed by atoms with Gasteiger partial charge in [0.2, 0.25) is 11.8 Å². The van der Waals surface area contributed by atoms with Gasteiger partial charge in [-0.05, 0) is 49.0 Å². The van der Waals surface area contributed by atoms with Crippen LogP contribution in [0.5, 0.6) is 0 Å². The van der Waals surface area contributed by atoms with Gasteiger partial charge in [-0.25, -0.2) is 9.78 Å². The van der Waals surface area contributed by atoms with Crippen LogP contribution < -0.4 is 5.32 Å². The maximum atomic E-state index is 12.5. The summed E-state index contributed by atoms with van der Waals surface area (Å²) >= 11 is 0. The van der Waals surface area contributed by atoms with Gasteiger partial charge in [-0.15, -0.1) is 0 Å². The van der Waals surface area contributed by atoms with Crippen LogP contribution in [0.1, 0.15) is 30.9 Å². The average molecular weight is 381 g/mol. The van der Waals surface area contributed by atoms with Crippen molar-refractivity contribution in [3.8, 4) is 0 Å². The lowest BCUT2D eigenvalue weighted by molar-refractivity contribution is -0.138. The van der Waals surface area contributed by atoms with E-state index in [1.807, 2.05) is 17.0 Å². The second-order valence-electron chi connectivity index (χ2n) is 7.44. The van der Waals surface area contributed by atoms with Crippen molar-refractivity contribution >= 4 is 29.7 Å². The highest BCUT2D eigenvalue weighted by Crippen LogP contribution is 2.37. The van der Waals surface area contributed by atoms with Crippen molar-refractivity contribution in [2.24, 2.45) is 11.8 Å². The molecule has 3 heterocycles. The number of nitrogens with one attached hydrogen (secondary N) is 1. The molecular formula is C21H23N3O4. The van der Waals surface area contributed by atoms with Crippen molar-refractivity contribution in [2.45, 2.75) is 26.2 Å². The summed E-state index contributed by atoms with van der Waals surface area (Å²) in [6, 6.07) is 1.96. The Morgan fingerprint density at radius 1 is 1.36 bits per heavy atom. The molecule has 146 valence electrons. The lowest BCUT2D eigenvalue weighted by Crippen LogP contribution is -2.27. The van der Waals surface area contributed by atoms with Crippen LogP contribution in [0.15, 0.2) is 30.0 Å². The van der Waals surface area contributed by atoms with Gasteiger partial charge in [0.15, 0.2) is 0 Å². The lowest BCUT2D eigenvalue weighted by Gasteiger charge is -2.16. The highest BCUT2D eigenvalue weighted by atomic mass is 16.5. The van der Waals surface area contributed by atoms with E-state index in [2.05, 4.69) is 10.3 Å². The van der Waals surface area contributed by atoms with Gasteiger partial charge in [0, 0.05) is 43.3 Å². The van der Waals surface area contributed by atoms with E-state index in [1.165, 1.54) is 0 Å². The molecule has 4 rings (SSSR count). The maximum Gasteiger partial charge on any atom is 0.333 e.